The zero-order chi connectivity index (χ0) is 34.3. The van der Waals surface area contributed by atoms with E-state index in [-0.39, 0.29) is 0 Å². The molecule has 0 radical (unpaired) electrons. The standard InChI is InChI=1S/C46H50N3/c1-7-48(37-17-11-9-12-18-37)39-27-23-35(24-28-39)45(36-25-29-40(30-26-36)49(8-2)38-19-13-10-14-20-38)43-31-32-44(42-22-16-15-21-41(42)43)47-46(33(3)4)34(5)6/h9-34,46-47H,7-8H2,1-6H3/q+1. The molecule has 0 fully saturated rings. The Balaban J connectivity index is 1.45. The summed E-state index contributed by atoms with van der Waals surface area (Å²) in [6.07, 6.45) is 0. The Morgan fingerprint density at radius 1 is 0.469 bits per heavy atom. The van der Waals surface area contributed by atoms with Crippen LogP contribution in [0.15, 0.2) is 146 Å². The van der Waals surface area contributed by atoms with Crippen LogP contribution in [0, 0.1) is 17.8 Å². The van der Waals surface area contributed by atoms with Crippen LogP contribution < -0.4 is 15.1 Å². The number of nitrogens with zero attached hydrogens (tertiary/aromatic N) is 2. The van der Waals surface area contributed by atoms with Gasteiger partial charge in [-0.2, -0.15) is 0 Å². The summed E-state index contributed by atoms with van der Waals surface area (Å²) in [5.41, 5.74) is 9.60. The highest BCUT2D eigenvalue weighted by atomic mass is 15.1. The topological polar surface area (TPSA) is 18.5 Å². The van der Waals surface area contributed by atoms with Gasteiger partial charge in [0.1, 0.15) is 0 Å². The largest absolute Gasteiger partial charge is 0.380 e. The highest BCUT2D eigenvalue weighted by Gasteiger charge is 2.27. The molecule has 0 aliphatic rings. The van der Waals surface area contributed by atoms with Gasteiger partial charge in [-0.1, -0.05) is 76.2 Å². The lowest BCUT2D eigenvalue weighted by Crippen LogP contribution is -2.31. The number of nitrogens with one attached hydrogen (secondary N) is 1. The third-order valence-corrected chi connectivity index (χ3v) is 9.66. The van der Waals surface area contributed by atoms with Crippen LogP contribution in [0.1, 0.15) is 58.2 Å². The number of rotatable bonds is 13. The molecule has 0 spiro atoms. The molecule has 0 amide bonds. The highest BCUT2D eigenvalue weighted by molar-refractivity contribution is 5.98. The van der Waals surface area contributed by atoms with E-state index < -0.39 is 0 Å². The summed E-state index contributed by atoms with van der Waals surface area (Å²) in [4.78, 5) is 4.72. The number of fused-ring (bicyclic) bond motifs is 1. The van der Waals surface area contributed by atoms with Crippen molar-refractivity contribution < 1.29 is 0 Å². The zero-order valence-corrected chi connectivity index (χ0v) is 29.9. The molecule has 6 aromatic carbocycles. The lowest BCUT2D eigenvalue weighted by Gasteiger charge is -2.28. The molecule has 3 heteroatoms. The first-order valence-electron chi connectivity index (χ1n) is 17.9. The Bertz CT molecular complexity index is 1810. The summed E-state index contributed by atoms with van der Waals surface area (Å²) in [7, 11) is 0. The van der Waals surface area contributed by atoms with Crippen molar-refractivity contribution in [2.45, 2.75) is 47.6 Å². The van der Waals surface area contributed by atoms with Crippen LogP contribution >= 0.6 is 0 Å². The molecule has 0 saturated carbocycles. The van der Waals surface area contributed by atoms with Crippen LogP contribution in [-0.2, 0) is 0 Å². The van der Waals surface area contributed by atoms with Gasteiger partial charge in [-0.05, 0) is 123 Å². The molecule has 0 bridgehead atoms. The predicted octanol–water partition coefficient (Wildman–Crippen LogP) is 12.3. The SMILES string of the molecule is CCN(c1ccccc1)c1ccc([C+](c2ccc(N(CC)c3ccccc3)cc2)c2ccc(NC(C(C)C)C(C)C)c3ccccc23)cc1. The molecule has 0 aromatic heterocycles. The van der Waals surface area contributed by atoms with Crippen molar-refractivity contribution in [1.29, 1.82) is 0 Å². The van der Waals surface area contributed by atoms with Gasteiger partial charge in [0.05, 0.1) is 39.7 Å². The van der Waals surface area contributed by atoms with E-state index in [0.717, 1.165) is 13.1 Å². The Labute approximate surface area is 294 Å². The van der Waals surface area contributed by atoms with Crippen LogP contribution in [0.3, 0.4) is 0 Å². The molecule has 6 aromatic rings. The maximum atomic E-state index is 3.93. The molecule has 49 heavy (non-hydrogen) atoms. The molecule has 6 rings (SSSR count). The van der Waals surface area contributed by atoms with Crippen molar-refractivity contribution >= 4 is 39.2 Å². The van der Waals surface area contributed by atoms with E-state index in [2.05, 4.69) is 202 Å². The number of anilines is 5. The number of hydrogen-bond donors (Lipinski definition) is 1. The maximum absolute atomic E-state index is 3.93. The normalized spacial score (nSPS) is 11.4. The Morgan fingerprint density at radius 3 is 1.31 bits per heavy atom. The van der Waals surface area contributed by atoms with Crippen LogP contribution in [0.25, 0.3) is 10.8 Å². The van der Waals surface area contributed by atoms with Crippen LogP contribution in [-0.4, -0.2) is 19.1 Å². The highest BCUT2D eigenvalue weighted by Crippen LogP contribution is 2.40. The summed E-state index contributed by atoms with van der Waals surface area (Å²) in [5, 5.41) is 6.43. The summed E-state index contributed by atoms with van der Waals surface area (Å²) >= 11 is 0. The smallest absolute Gasteiger partial charge is 0.0638 e. The Morgan fingerprint density at radius 2 is 0.878 bits per heavy atom. The van der Waals surface area contributed by atoms with E-state index in [0.29, 0.717) is 17.9 Å². The monoisotopic (exact) mass is 644 g/mol. The zero-order valence-electron chi connectivity index (χ0n) is 29.9. The lowest BCUT2D eigenvalue weighted by molar-refractivity contribution is 0.414. The third kappa shape index (κ3) is 7.32. The first kappa shape index (κ1) is 33.7. The van der Waals surface area contributed by atoms with E-state index >= 15 is 0 Å². The first-order chi connectivity index (χ1) is 23.9. The van der Waals surface area contributed by atoms with Gasteiger partial charge in [0.2, 0.25) is 0 Å². The van der Waals surface area contributed by atoms with Gasteiger partial charge in [-0.25, -0.2) is 0 Å². The predicted molar refractivity (Wildman–Crippen MR) is 213 cm³/mol. The Kier molecular flexibility index (Phi) is 10.6. The fourth-order valence-electron chi connectivity index (χ4n) is 7.26. The van der Waals surface area contributed by atoms with Crippen molar-refractivity contribution in [2.24, 2.45) is 11.8 Å². The van der Waals surface area contributed by atoms with Crippen molar-refractivity contribution in [3.8, 4) is 0 Å². The van der Waals surface area contributed by atoms with Crippen molar-refractivity contribution in [2.75, 3.05) is 28.2 Å². The summed E-state index contributed by atoms with van der Waals surface area (Å²) < 4.78 is 0. The molecule has 0 unspecified atom stereocenters. The number of hydrogen-bond acceptors (Lipinski definition) is 3. The molecule has 248 valence electrons. The second-order valence-corrected chi connectivity index (χ2v) is 13.5. The molecule has 0 aliphatic heterocycles. The van der Waals surface area contributed by atoms with E-state index in [4.69, 9.17) is 0 Å². The molecule has 0 aliphatic carbocycles. The third-order valence-electron chi connectivity index (χ3n) is 9.66. The van der Waals surface area contributed by atoms with E-state index in [1.54, 1.807) is 0 Å². The molecule has 0 heterocycles. The fraction of sp³-hybridized carbons (Fsp3) is 0.239. The van der Waals surface area contributed by atoms with Crippen molar-refractivity contribution in [1.82, 2.24) is 0 Å². The van der Waals surface area contributed by atoms with E-state index in [1.165, 1.54) is 61.8 Å². The van der Waals surface area contributed by atoms with Gasteiger partial charge < -0.3 is 15.1 Å². The lowest BCUT2D eigenvalue weighted by atomic mass is 9.82. The number of para-hydroxylation sites is 2. The average Bonchev–Trinajstić information content (AvgIpc) is 3.13. The van der Waals surface area contributed by atoms with Crippen LogP contribution in [0.5, 0.6) is 0 Å². The second-order valence-electron chi connectivity index (χ2n) is 13.5. The minimum Gasteiger partial charge on any atom is -0.380 e. The van der Waals surface area contributed by atoms with Gasteiger partial charge in [0, 0.05) is 41.3 Å². The average molecular weight is 645 g/mol. The fourth-order valence-corrected chi connectivity index (χ4v) is 7.26. The first-order valence-corrected chi connectivity index (χ1v) is 17.9. The summed E-state index contributed by atoms with van der Waals surface area (Å²) in [5.74, 6) is 2.28. The minimum atomic E-state index is 0.384. The van der Waals surface area contributed by atoms with Crippen LogP contribution in [0.2, 0.25) is 0 Å². The molecular formula is C46H50N3+. The van der Waals surface area contributed by atoms with E-state index in [9.17, 15) is 0 Å². The molecule has 1 N–H and O–H groups in total. The van der Waals surface area contributed by atoms with Gasteiger partial charge in [-0.3, -0.25) is 0 Å². The summed E-state index contributed by atoms with van der Waals surface area (Å²) in [6.45, 7) is 15.4. The molecule has 3 nitrogen and oxygen atoms in total. The molecule has 0 atom stereocenters. The van der Waals surface area contributed by atoms with Gasteiger partial charge >= 0.3 is 0 Å². The second kappa shape index (κ2) is 15.4. The Hall–Kier alpha value is -5.15. The van der Waals surface area contributed by atoms with E-state index in [1.807, 2.05) is 0 Å². The van der Waals surface area contributed by atoms with Gasteiger partial charge in [0.25, 0.3) is 0 Å². The van der Waals surface area contributed by atoms with Crippen LogP contribution in [0.4, 0.5) is 28.4 Å². The minimum absolute atomic E-state index is 0.384. The molecule has 0 saturated heterocycles. The van der Waals surface area contributed by atoms with Gasteiger partial charge in [-0.15, -0.1) is 0 Å². The summed E-state index contributed by atoms with van der Waals surface area (Å²) in [6, 6.07) is 53.4. The maximum Gasteiger partial charge on any atom is 0.0638 e. The van der Waals surface area contributed by atoms with Gasteiger partial charge in [0.15, 0.2) is 0 Å². The van der Waals surface area contributed by atoms with Crippen molar-refractivity contribution in [3.63, 3.8) is 0 Å². The molecular weight excluding hydrogens is 595 g/mol. The quantitative estimate of drug-likeness (QED) is 0.0997. The number of benzene rings is 6. The van der Waals surface area contributed by atoms with Crippen molar-refractivity contribution in [3.05, 3.63) is 168 Å².